The molecule has 0 N–H and O–H groups in total. The van der Waals surface area contributed by atoms with E-state index in [2.05, 4.69) is 36.9 Å². The number of unbranched alkanes of at least 4 members (excludes halogenated alkanes) is 5. The zero-order chi connectivity index (χ0) is 17.0. The summed E-state index contributed by atoms with van der Waals surface area (Å²) in [4.78, 5) is 1.71. The van der Waals surface area contributed by atoms with Gasteiger partial charge >= 0.3 is 0 Å². The Labute approximate surface area is 158 Å². The van der Waals surface area contributed by atoms with Crippen LogP contribution in [0.2, 0.25) is 5.02 Å². The second-order valence-electron chi connectivity index (χ2n) is 6.98. The molecule has 1 aliphatic rings. The molecule has 0 saturated heterocycles. The highest BCUT2D eigenvalue weighted by Gasteiger charge is 2.17. The summed E-state index contributed by atoms with van der Waals surface area (Å²) in [5, 5.41) is 0.929. The zero-order valence-electron chi connectivity index (χ0n) is 15.2. The van der Waals surface area contributed by atoms with Crippen molar-refractivity contribution < 1.29 is 0 Å². The summed E-state index contributed by atoms with van der Waals surface area (Å²) < 4.78 is 0. The molecule has 0 saturated carbocycles. The van der Waals surface area contributed by atoms with E-state index in [0.29, 0.717) is 0 Å². The second kappa shape index (κ2) is 12.0. The number of hydrogen-bond acceptors (Lipinski definition) is 1. The largest absolute Gasteiger partial charge is 0.130 e. The Hall–Kier alpha value is -0.400. The fourth-order valence-corrected chi connectivity index (χ4v) is 4.96. The standard InChI is InChI=1S/C22H33ClS/c1-2-3-4-6-14-20(22-17-11-18-24-22)15-8-5-7-12-19-13-9-10-16-21(19)23/h9-10,13,16-17,20H,2-8,11-12,14-15,18H2,1H3. The first-order valence-corrected chi connectivity index (χ1v) is 11.2. The van der Waals surface area contributed by atoms with E-state index >= 15 is 0 Å². The summed E-state index contributed by atoms with van der Waals surface area (Å²) in [6.07, 6.45) is 17.2. The Morgan fingerprint density at radius 1 is 1.00 bits per heavy atom. The van der Waals surface area contributed by atoms with Crippen LogP contribution in [-0.4, -0.2) is 5.75 Å². The van der Waals surface area contributed by atoms with Crippen molar-refractivity contribution in [3.05, 3.63) is 45.8 Å². The fraction of sp³-hybridized carbons (Fsp3) is 0.636. The van der Waals surface area contributed by atoms with E-state index in [9.17, 15) is 0 Å². The van der Waals surface area contributed by atoms with Gasteiger partial charge in [-0.15, -0.1) is 11.8 Å². The lowest BCUT2D eigenvalue weighted by Crippen LogP contribution is -2.02. The Kier molecular flexibility index (Phi) is 9.99. The van der Waals surface area contributed by atoms with Crippen molar-refractivity contribution in [3.63, 3.8) is 0 Å². The molecule has 0 aliphatic carbocycles. The molecule has 0 amide bonds. The predicted octanol–water partition coefficient (Wildman–Crippen LogP) is 8.05. The van der Waals surface area contributed by atoms with Crippen LogP contribution in [0, 0.1) is 5.92 Å². The van der Waals surface area contributed by atoms with Gasteiger partial charge in [0, 0.05) is 10.8 Å². The van der Waals surface area contributed by atoms with Gasteiger partial charge < -0.3 is 0 Å². The minimum absolute atomic E-state index is 0.842. The van der Waals surface area contributed by atoms with E-state index in [-0.39, 0.29) is 0 Å². The van der Waals surface area contributed by atoms with Gasteiger partial charge in [0.15, 0.2) is 0 Å². The summed E-state index contributed by atoms with van der Waals surface area (Å²) in [5.74, 6) is 2.16. The van der Waals surface area contributed by atoms with Gasteiger partial charge in [0.05, 0.1) is 0 Å². The average molecular weight is 365 g/mol. The third-order valence-electron chi connectivity index (χ3n) is 5.00. The molecule has 0 fully saturated rings. The molecule has 0 radical (unpaired) electrons. The molecule has 1 unspecified atom stereocenters. The molecular formula is C22H33ClS. The molecule has 0 aromatic heterocycles. The molecule has 0 spiro atoms. The Morgan fingerprint density at radius 2 is 1.75 bits per heavy atom. The lowest BCUT2D eigenvalue weighted by Gasteiger charge is -2.18. The summed E-state index contributed by atoms with van der Waals surface area (Å²) in [6, 6.07) is 8.28. The van der Waals surface area contributed by atoms with E-state index < -0.39 is 0 Å². The van der Waals surface area contributed by atoms with Crippen LogP contribution in [0.5, 0.6) is 0 Å². The molecule has 1 heterocycles. The predicted molar refractivity (Wildman–Crippen MR) is 111 cm³/mol. The third-order valence-corrected chi connectivity index (χ3v) is 6.64. The summed E-state index contributed by atoms with van der Waals surface area (Å²) in [7, 11) is 0. The molecule has 2 rings (SSSR count). The first-order chi connectivity index (χ1) is 11.8. The van der Waals surface area contributed by atoms with Crippen LogP contribution < -0.4 is 0 Å². The van der Waals surface area contributed by atoms with Crippen molar-refractivity contribution in [1.82, 2.24) is 0 Å². The van der Waals surface area contributed by atoms with Crippen molar-refractivity contribution in [2.75, 3.05) is 5.75 Å². The van der Waals surface area contributed by atoms with Gasteiger partial charge in [-0.3, -0.25) is 0 Å². The van der Waals surface area contributed by atoms with Crippen molar-refractivity contribution in [3.8, 4) is 0 Å². The third kappa shape index (κ3) is 7.23. The van der Waals surface area contributed by atoms with Gasteiger partial charge in [-0.2, -0.15) is 0 Å². The number of aryl methyl sites for hydroxylation is 1. The lowest BCUT2D eigenvalue weighted by atomic mass is 9.93. The lowest BCUT2D eigenvalue weighted by molar-refractivity contribution is 0.469. The molecule has 1 aliphatic heterocycles. The van der Waals surface area contributed by atoms with E-state index in [1.165, 1.54) is 75.5 Å². The summed E-state index contributed by atoms with van der Waals surface area (Å²) in [6.45, 7) is 2.30. The number of hydrogen-bond donors (Lipinski definition) is 0. The molecule has 24 heavy (non-hydrogen) atoms. The van der Waals surface area contributed by atoms with Crippen molar-refractivity contribution in [2.45, 2.75) is 77.6 Å². The van der Waals surface area contributed by atoms with Crippen LogP contribution in [-0.2, 0) is 6.42 Å². The van der Waals surface area contributed by atoms with E-state index in [1.807, 2.05) is 12.1 Å². The molecule has 1 aromatic rings. The van der Waals surface area contributed by atoms with Gasteiger partial charge in [0.2, 0.25) is 0 Å². The summed E-state index contributed by atoms with van der Waals surface area (Å²) >= 11 is 8.37. The highest BCUT2D eigenvalue weighted by Crippen LogP contribution is 2.37. The fourth-order valence-electron chi connectivity index (χ4n) is 3.55. The van der Waals surface area contributed by atoms with Gasteiger partial charge in [0.25, 0.3) is 0 Å². The number of benzene rings is 1. The maximum absolute atomic E-state index is 6.25. The zero-order valence-corrected chi connectivity index (χ0v) is 16.8. The van der Waals surface area contributed by atoms with Crippen LogP contribution in [0.3, 0.4) is 0 Å². The SMILES string of the molecule is CCCCCCC(CCCCCc1ccccc1Cl)C1=CCCS1. The van der Waals surface area contributed by atoms with Crippen LogP contribution >= 0.6 is 23.4 Å². The van der Waals surface area contributed by atoms with Crippen molar-refractivity contribution >= 4 is 23.4 Å². The molecule has 1 aromatic carbocycles. The average Bonchev–Trinajstić information content (AvgIpc) is 3.12. The molecule has 134 valence electrons. The smallest absolute Gasteiger partial charge is 0.0437 e. The monoisotopic (exact) mass is 364 g/mol. The quantitative estimate of drug-likeness (QED) is 0.338. The highest BCUT2D eigenvalue weighted by molar-refractivity contribution is 8.03. The first kappa shape index (κ1) is 19.9. The molecule has 2 heteroatoms. The molecule has 1 atom stereocenters. The number of thioether (sulfide) groups is 1. The Bertz CT molecular complexity index is 494. The van der Waals surface area contributed by atoms with Gasteiger partial charge in [-0.1, -0.05) is 81.3 Å². The molecular weight excluding hydrogens is 332 g/mol. The first-order valence-electron chi connectivity index (χ1n) is 9.87. The Morgan fingerprint density at radius 3 is 2.42 bits per heavy atom. The van der Waals surface area contributed by atoms with Gasteiger partial charge in [-0.25, -0.2) is 0 Å². The number of rotatable bonds is 12. The van der Waals surface area contributed by atoms with Crippen LogP contribution in [0.4, 0.5) is 0 Å². The topological polar surface area (TPSA) is 0 Å². The van der Waals surface area contributed by atoms with E-state index in [1.54, 1.807) is 4.91 Å². The van der Waals surface area contributed by atoms with Gasteiger partial charge in [0.1, 0.15) is 0 Å². The van der Waals surface area contributed by atoms with E-state index in [4.69, 9.17) is 11.6 Å². The Balaban J connectivity index is 1.67. The highest BCUT2D eigenvalue weighted by atomic mass is 35.5. The van der Waals surface area contributed by atoms with Crippen molar-refractivity contribution in [1.29, 1.82) is 0 Å². The minimum Gasteiger partial charge on any atom is -0.130 e. The summed E-state index contributed by atoms with van der Waals surface area (Å²) in [5.41, 5.74) is 1.31. The van der Waals surface area contributed by atoms with Gasteiger partial charge in [-0.05, 0) is 54.6 Å². The molecule has 0 bridgehead atoms. The normalized spacial score (nSPS) is 15.5. The number of allylic oxidation sites excluding steroid dienone is 2. The van der Waals surface area contributed by atoms with Crippen LogP contribution in [0.25, 0.3) is 0 Å². The minimum atomic E-state index is 0.842. The second-order valence-corrected chi connectivity index (χ2v) is 8.56. The molecule has 0 nitrogen and oxygen atoms in total. The maximum atomic E-state index is 6.25. The number of halogens is 1. The van der Waals surface area contributed by atoms with Crippen LogP contribution in [0.1, 0.15) is 76.7 Å². The maximum Gasteiger partial charge on any atom is 0.0437 e. The van der Waals surface area contributed by atoms with Crippen LogP contribution in [0.15, 0.2) is 35.2 Å². The van der Waals surface area contributed by atoms with E-state index in [0.717, 1.165) is 17.4 Å². The van der Waals surface area contributed by atoms with Crippen molar-refractivity contribution in [2.24, 2.45) is 5.92 Å².